The molecule has 0 bridgehead atoms. The molecule has 1 aromatic carbocycles. The number of carbonyl (C=O) groups is 2. The van der Waals surface area contributed by atoms with Crippen LogP contribution in [0.2, 0.25) is 0 Å². The molecule has 2 amide bonds. The van der Waals surface area contributed by atoms with Gasteiger partial charge in [0.2, 0.25) is 23.5 Å². The third kappa shape index (κ3) is 4.14. The Morgan fingerprint density at radius 3 is 2.22 bits per heavy atom. The molecule has 1 saturated carbocycles. The summed E-state index contributed by atoms with van der Waals surface area (Å²) in [7, 11) is 1.63. The first-order valence-corrected chi connectivity index (χ1v) is 11.4. The molecule has 2 aliphatic heterocycles. The molecule has 5 rings (SSSR count). The Bertz CT molecular complexity index is 943. The molecule has 0 spiro atoms. The molecule has 1 aliphatic carbocycles. The van der Waals surface area contributed by atoms with Crippen molar-refractivity contribution in [3.8, 4) is 17.1 Å². The molecule has 32 heavy (non-hydrogen) atoms. The number of aromatic nitrogens is 2. The normalized spacial score (nSPS) is 24.7. The highest BCUT2D eigenvalue weighted by Gasteiger charge is 2.48. The second kappa shape index (κ2) is 8.99. The van der Waals surface area contributed by atoms with Crippen LogP contribution in [0.4, 0.5) is 0 Å². The zero-order valence-electron chi connectivity index (χ0n) is 18.4. The van der Waals surface area contributed by atoms with Crippen molar-refractivity contribution in [1.82, 2.24) is 24.8 Å². The largest absolute Gasteiger partial charge is 0.497 e. The Hall–Kier alpha value is -2.78. The van der Waals surface area contributed by atoms with Crippen molar-refractivity contribution in [2.45, 2.75) is 32.2 Å². The third-order valence-corrected chi connectivity index (χ3v) is 6.91. The third-order valence-electron chi connectivity index (χ3n) is 6.91. The van der Waals surface area contributed by atoms with Gasteiger partial charge in [-0.05, 0) is 37.1 Å². The highest BCUT2D eigenvalue weighted by atomic mass is 16.5. The minimum atomic E-state index is -0.0741. The van der Waals surface area contributed by atoms with Crippen molar-refractivity contribution >= 4 is 11.8 Å². The van der Waals surface area contributed by atoms with E-state index in [0.717, 1.165) is 63.2 Å². The maximum atomic E-state index is 12.7. The van der Waals surface area contributed by atoms with E-state index in [9.17, 15) is 9.59 Å². The lowest BCUT2D eigenvalue weighted by atomic mass is 9.81. The van der Waals surface area contributed by atoms with Gasteiger partial charge >= 0.3 is 0 Å². The fourth-order valence-electron chi connectivity index (χ4n) is 5.03. The van der Waals surface area contributed by atoms with Crippen LogP contribution in [0.15, 0.2) is 28.8 Å². The number of rotatable bonds is 6. The summed E-state index contributed by atoms with van der Waals surface area (Å²) < 4.78 is 10.6. The number of fused-ring (bicyclic) bond motifs is 1. The number of carbonyl (C=O) groups excluding carboxylic acids is 2. The van der Waals surface area contributed by atoms with Crippen LogP contribution < -0.4 is 4.74 Å². The Balaban J connectivity index is 1.13. The summed E-state index contributed by atoms with van der Waals surface area (Å²) in [6, 6.07) is 7.55. The van der Waals surface area contributed by atoms with Crippen molar-refractivity contribution in [3.63, 3.8) is 0 Å². The summed E-state index contributed by atoms with van der Waals surface area (Å²) in [5, 5.41) is 4.10. The van der Waals surface area contributed by atoms with Crippen molar-refractivity contribution in [3.05, 3.63) is 30.2 Å². The number of nitrogens with zero attached hydrogens (tertiary/aromatic N) is 5. The average molecular weight is 440 g/mol. The van der Waals surface area contributed by atoms with Gasteiger partial charge in [0.25, 0.3) is 0 Å². The van der Waals surface area contributed by atoms with E-state index in [1.165, 1.54) is 4.90 Å². The monoisotopic (exact) mass is 439 g/mol. The van der Waals surface area contributed by atoms with E-state index in [2.05, 4.69) is 19.9 Å². The molecule has 170 valence electrons. The molecule has 9 heteroatoms. The molecule has 2 aromatic rings. The summed E-state index contributed by atoms with van der Waals surface area (Å²) >= 11 is 0. The quantitative estimate of drug-likeness (QED) is 0.631. The van der Waals surface area contributed by atoms with E-state index in [-0.39, 0.29) is 23.7 Å². The van der Waals surface area contributed by atoms with Crippen molar-refractivity contribution in [2.75, 3.05) is 40.0 Å². The van der Waals surface area contributed by atoms with E-state index in [1.54, 1.807) is 7.11 Å². The predicted molar refractivity (Wildman–Crippen MR) is 115 cm³/mol. The van der Waals surface area contributed by atoms with Crippen LogP contribution in [0.5, 0.6) is 5.75 Å². The van der Waals surface area contributed by atoms with E-state index < -0.39 is 0 Å². The van der Waals surface area contributed by atoms with Gasteiger partial charge < -0.3 is 9.26 Å². The lowest BCUT2D eigenvalue weighted by Gasteiger charge is -2.35. The molecule has 0 N–H and O–H groups in total. The maximum absolute atomic E-state index is 12.7. The summed E-state index contributed by atoms with van der Waals surface area (Å²) in [6.07, 6.45) is 3.84. The van der Waals surface area contributed by atoms with Crippen LogP contribution >= 0.6 is 0 Å². The molecule has 1 aromatic heterocycles. The number of likely N-dealkylation sites (tertiary alicyclic amines) is 1. The Morgan fingerprint density at radius 2 is 1.59 bits per heavy atom. The van der Waals surface area contributed by atoms with Gasteiger partial charge in [-0.3, -0.25) is 24.3 Å². The first-order valence-electron chi connectivity index (χ1n) is 11.4. The van der Waals surface area contributed by atoms with E-state index in [0.29, 0.717) is 24.9 Å². The molecule has 2 saturated heterocycles. The van der Waals surface area contributed by atoms with Gasteiger partial charge in [-0.25, -0.2) is 0 Å². The van der Waals surface area contributed by atoms with Gasteiger partial charge in [0.05, 0.1) is 32.2 Å². The zero-order valence-corrected chi connectivity index (χ0v) is 18.4. The molecule has 3 fully saturated rings. The van der Waals surface area contributed by atoms with Gasteiger partial charge in [0.15, 0.2) is 0 Å². The molecule has 9 nitrogen and oxygen atoms in total. The number of ether oxygens (including phenoxy) is 1. The number of piperazine rings is 1. The molecule has 3 heterocycles. The first-order chi connectivity index (χ1) is 15.6. The summed E-state index contributed by atoms with van der Waals surface area (Å²) in [6.45, 7) is 4.24. The average Bonchev–Trinajstić information content (AvgIpc) is 3.39. The maximum Gasteiger partial charge on any atom is 0.241 e. The first kappa shape index (κ1) is 21.1. The van der Waals surface area contributed by atoms with Crippen molar-refractivity contribution in [1.29, 1.82) is 0 Å². The van der Waals surface area contributed by atoms with Gasteiger partial charge in [-0.15, -0.1) is 0 Å². The van der Waals surface area contributed by atoms with Crippen molar-refractivity contribution in [2.24, 2.45) is 11.8 Å². The summed E-state index contributed by atoms with van der Waals surface area (Å²) in [4.78, 5) is 35.9. The van der Waals surface area contributed by atoms with E-state index in [1.807, 2.05) is 24.3 Å². The smallest absolute Gasteiger partial charge is 0.241 e. The Labute approximate surface area is 187 Å². The van der Waals surface area contributed by atoms with Gasteiger partial charge in [0.1, 0.15) is 5.75 Å². The number of hydrogen-bond acceptors (Lipinski definition) is 8. The number of benzene rings is 1. The number of methoxy groups -OCH3 is 1. The zero-order chi connectivity index (χ0) is 22.1. The minimum Gasteiger partial charge on any atom is -0.497 e. The highest BCUT2D eigenvalue weighted by Crippen LogP contribution is 2.38. The number of imide groups is 1. The summed E-state index contributed by atoms with van der Waals surface area (Å²) in [5.74, 6) is 1.86. The fraction of sp³-hybridized carbons (Fsp3) is 0.565. The number of amides is 2. The molecule has 2 unspecified atom stereocenters. The standard InChI is InChI=1S/C23H29N5O4/c1-31-17-8-6-16(7-9-17)21-24-20(32-25-21)14-26-10-12-27(13-11-26)15-28-22(29)18-4-2-3-5-19(18)23(28)30/h6-9,18-19H,2-5,10-15H2,1H3. The molecule has 3 aliphatic rings. The molecule has 0 radical (unpaired) electrons. The SMILES string of the molecule is COc1ccc(-c2noc(CN3CCN(CN4C(=O)C5CCCCC5C4=O)CC3)n2)cc1. The highest BCUT2D eigenvalue weighted by molar-refractivity contribution is 6.05. The molecular formula is C23H29N5O4. The van der Waals surface area contributed by atoms with Gasteiger partial charge in [-0.1, -0.05) is 18.0 Å². The Morgan fingerprint density at radius 1 is 0.969 bits per heavy atom. The minimum absolute atomic E-state index is 0.0408. The lowest BCUT2D eigenvalue weighted by Crippen LogP contribution is -2.51. The lowest BCUT2D eigenvalue weighted by molar-refractivity contribution is -0.142. The van der Waals surface area contributed by atoms with Gasteiger partial charge in [-0.2, -0.15) is 4.98 Å². The van der Waals surface area contributed by atoms with E-state index in [4.69, 9.17) is 9.26 Å². The summed E-state index contributed by atoms with van der Waals surface area (Å²) in [5.41, 5.74) is 0.881. The predicted octanol–water partition coefficient (Wildman–Crippen LogP) is 2.00. The molecular weight excluding hydrogens is 410 g/mol. The van der Waals surface area contributed by atoms with Crippen LogP contribution in [-0.4, -0.2) is 76.6 Å². The number of hydrogen-bond donors (Lipinski definition) is 0. The van der Waals surface area contributed by atoms with Crippen LogP contribution in [0.3, 0.4) is 0 Å². The van der Waals surface area contributed by atoms with Crippen LogP contribution in [0.25, 0.3) is 11.4 Å². The second-order valence-corrected chi connectivity index (χ2v) is 8.88. The van der Waals surface area contributed by atoms with E-state index >= 15 is 0 Å². The second-order valence-electron chi connectivity index (χ2n) is 8.88. The molecule has 2 atom stereocenters. The van der Waals surface area contributed by atoms with Gasteiger partial charge in [0, 0.05) is 31.7 Å². The van der Waals surface area contributed by atoms with Crippen LogP contribution in [0, 0.1) is 11.8 Å². The fourth-order valence-corrected chi connectivity index (χ4v) is 5.03. The van der Waals surface area contributed by atoms with Crippen LogP contribution in [-0.2, 0) is 16.1 Å². The van der Waals surface area contributed by atoms with Crippen LogP contribution in [0.1, 0.15) is 31.6 Å². The van der Waals surface area contributed by atoms with Crippen molar-refractivity contribution < 1.29 is 18.8 Å². The Kier molecular flexibility index (Phi) is 5.93. The topological polar surface area (TPSA) is 92.0 Å².